The quantitative estimate of drug-likeness (QED) is 0.558. The molecule has 0 saturated heterocycles. The number of amides is 1. The molecule has 0 radical (unpaired) electrons. The predicted octanol–water partition coefficient (Wildman–Crippen LogP) is 2.68. The molecule has 4 N–H and O–H groups in total. The van der Waals surface area contributed by atoms with Gasteiger partial charge in [0.15, 0.2) is 0 Å². The van der Waals surface area contributed by atoms with Crippen molar-refractivity contribution in [2.45, 2.75) is 12.4 Å². The zero-order valence-electron chi connectivity index (χ0n) is 10.9. The number of thioether (sulfide) groups is 1. The van der Waals surface area contributed by atoms with Gasteiger partial charge in [0.1, 0.15) is 0 Å². The summed E-state index contributed by atoms with van der Waals surface area (Å²) in [5.41, 5.74) is 2.78. The van der Waals surface area contributed by atoms with E-state index in [0.29, 0.717) is 23.5 Å². The van der Waals surface area contributed by atoms with Crippen LogP contribution in [0.1, 0.15) is 17.3 Å². The third-order valence-electron chi connectivity index (χ3n) is 2.33. The Labute approximate surface area is 119 Å². The number of anilines is 2. The number of alkyl halides is 3. The first-order valence-electron chi connectivity index (χ1n) is 5.95. The number of benzene rings is 1. The summed E-state index contributed by atoms with van der Waals surface area (Å²) in [5, 5.41) is 5.44. The highest BCUT2D eigenvalue weighted by Gasteiger charge is 2.27. The van der Waals surface area contributed by atoms with E-state index in [9.17, 15) is 18.0 Å². The van der Waals surface area contributed by atoms with Gasteiger partial charge < -0.3 is 16.4 Å². The van der Waals surface area contributed by atoms with Crippen LogP contribution >= 0.6 is 11.8 Å². The van der Waals surface area contributed by atoms with Crippen LogP contribution in [0.25, 0.3) is 0 Å². The standard InChI is InChI=1S/C12H16F3N3OS/c1-2-17-11(19)8-3-4-10(9(16)7-8)18-5-6-20-12(13,14)15/h3-4,7,18H,2,5-6,16H2,1H3,(H,17,19). The minimum atomic E-state index is -4.23. The van der Waals surface area contributed by atoms with Crippen LogP contribution in [0.4, 0.5) is 24.5 Å². The Kier molecular flexibility index (Phi) is 6.00. The molecule has 0 heterocycles. The Hall–Kier alpha value is -1.57. The number of nitrogens with one attached hydrogen (secondary N) is 2. The zero-order valence-corrected chi connectivity index (χ0v) is 11.7. The van der Waals surface area contributed by atoms with Gasteiger partial charge in [-0.15, -0.1) is 0 Å². The fraction of sp³-hybridized carbons (Fsp3) is 0.417. The van der Waals surface area contributed by atoms with Crippen LogP contribution < -0.4 is 16.4 Å². The van der Waals surface area contributed by atoms with Crippen molar-refractivity contribution in [3.63, 3.8) is 0 Å². The van der Waals surface area contributed by atoms with Crippen molar-refractivity contribution >= 4 is 29.0 Å². The highest BCUT2D eigenvalue weighted by molar-refractivity contribution is 8.00. The SMILES string of the molecule is CCNC(=O)c1ccc(NCCSC(F)(F)F)c(N)c1. The summed E-state index contributed by atoms with van der Waals surface area (Å²) >= 11 is -0.0941. The van der Waals surface area contributed by atoms with Gasteiger partial charge in [-0.05, 0) is 36.9 Å². The number of carbonyl (C=O) groups excluding carboxylic acids is 1. The average molecular weight is 307 g/mol. The number of rotatable bonds is 6. The highest BCUT2D eigenvalue weighted by atomic mass is 32.2. The molecule has 0 aliphatic heterocycles. The topological polar surface area (TPSA) is 67.2 Å². The molecule has 112 valence electrons. The van der Waals surface area contributed by atoms with E-state index in [4.69, 9.17) is 5.73 Å². The summed E-state index contributed by atoms with van der Waals surface area (Å²) < 4.78 is 35.8. The summed E-state index contributed by atoms with van der Waals surface area (Å²) in [6, 6.07) is 4.64. The molecule has 0 spiro atoms. The summed E-state index contributed by atoms with van der Waals surface area (Å²) in [6.45, 7) is 2.44. The van der Waals surface area contributed by atoms with Gasteiger partial charge >= 0.3 is 5.51 Å². The van der Waals surface area contributed by atoms with E-state index in [1.165, 1.54) is 6.07 Å². The van der Waals surface area contributed by atoms with Crippen molar-refractivity contribution in [3.05, 3.63) is 23.8 Å². The fourth-order valence-electron chi connectivity index (χ4n) is 1.48. The van der Waals surface area contributed by atoms with Gasteiger partial charge in [0.25, 0.3) is 5.91 Å². The molecule has 20 heavy (non-hydrogen) atoms. The lowest BCUT2D eigenvalue weighted by Gasteiger charge is -2.11. The molecular weight excluding hydrogens is 291 g/mol. The maximum absolute atomic E-state index is 11.9. The van der Waals surface area contributed by atoms with E-state index < -0.39 is 5.51 Å². The van der Waals surface area contributed by atoms with Crippen LogP contribution in [0.15, 0.2) is 18.2 Å². The average Bonchev–Trinajstić information content (AvgIpc) is 2.35. The molecule has 1 aromatic rings. The van der Waals surface area contributed by atoms with E-state index in [-0.39, 0.29) is 30.0 Å². The molecule has 0 saturated carbocycles. The summed E-state index contributed by atoms with van der Waals surface area (Å²) in [6.07, 6.45) is 0. The highest BCUT2D eigenvalue weighted by Crippen LogP contribution is 2.29. The van der Waals surface area contributed by atoms with Crippen molar-refractivity contribution in [3.8, 4) is 0 Å². The minimum Gasteiger partial charge on any atom is -0.397 e. The minimum absolute atomic E-state index is 0.0941. The van der Waals surface area contributed by atoms with E-state index >= 15 is 0 Å². The smallest absolute Gasteiger partial charge is 0.397 e. The monoisotopic (exact) mass is 307 g/mol. The van der Waals surface area contributed by atoms with Crippen LogP contribution in [0.5, 0.6) is 0 Å². The molecule has 1 amide bonds. The molecular formula is C12H16F3N3OS. The number of hydrogen-bond acceptors (Lipinski definition) is 4. The third-order valence-corrected chi connectivity index (χ3v) is 3.07. The van der Waals surface area contributed by atoms with Crippen molar-refractivity contribution in [2.75, 3.05) is 29.9 Å². The maximum Gasteiger partial charge on any atom is 0.441 e. The van der Waals surface area contributed by atoms with Gasteiger partial charge in [0, 0.05) is 24.4 Å². The van der Waals surface area contributed by atoms with Gasteiger partial charge in [0.2, 0.25) is 0 Å². The molecule has 0 fully saturated rings. The van der Waals surface area contributed by atoms with Gasteiger partial charge in [-0.2, -0.15) is 13.2 Å². The van der Waals surface area contributed by atoms with Gasteiger partial charge in [-0.1, -0.05) is 0 Å². The number of halogens is 3. The zero-order chi connectivity index (χ0) is 15.2. The molecule has 0 atom stereocenters. The first kappa shape index (κ1) is 16.5. The second-order valence-corrected chi connectivity index (χ2v) is 5.04. The van der Waals surface area contributed by atoms with E-state index in [1.807, 2.05) is 0 Å². The second kappa shape index (κ2) is 7.28. The summed E-state index contributed by atoms with van der Waals surface area (Å²) in [5.74, 6) is -0.348. The number of hydrogen-bond donors (Lipinski definition) is 3. The first-order chi connectivity index (χ1) is 9.33. The van der Waals surface area contributed by atoms with E-state index in [0.717, 1.165) is 0 Å². The number of carbonyl (C=O) groups is 1. The van der Waals surface area contributed by atoms with Crippen molar-refractivity contribution < 1.29 is 18.0 Å². The molecule has 0 aliphatic carbocycles. The lowest BCUT2D eigenvalue weighted by atomic mass is 10.1. The Bertz CT molecular complexity index is 466. The number of nitrogens with two attached hydrogens (primary N) is 1. The Morgan fingerprint density at radius 1 is 1.40 bits per heavy atom. The molecule has 0 aliphatic rings. The molecule has 0 aromatic heterocycles. The first-order valence-corrected chi connectivity index (χ1v) is 6.94. The largest absolute Gasteiger partial charge is 0.441 e. The summed E-state index contributed by atoms with van der Waals surface area (Å²) in [7, 11) is 0. The van der Waals surface area contributed by atoms with Crippen molar-refractivity contribution in [1.29, 1.82) is 0 Å². The van der Waals surface area contributed by atoms with Crippen LogP contribution in [-0.4, -0.2) is 30.3 Å². The van der Waals surface area contributed by atoms with Gasteiger partial charge in [-0.3, -0.25) is 4.79 Å². The lowest BCUT2D eigenvalue weighted by Crippen LogP contribution is -2.22. The van der Waals surface area contributed by atoms with Crippen LogP contribution in [0.2, 0.25) is 0 Å². The lowest BCUT2D eigenvalue weighted by molar-refractivity contribution is -0.0327. The van der Waals surface area contributed by atoms with E-state index in [1.54, 1.807) is 19.1 Å². The fourth-order valence-corrected chi connectivity index (χ4v) is 1.92. The Morgan fingerprint density at radius 3 is 2.65 bits per heavy atom. The van der Waals surface area contributed by atoms with Gasteiger partial charge in [0.05, 0.1) is 11.4 Å². The molecule has 1 rings (SSSR count). The van der Waals surface area contributed by atoms with Crippen molar-refractivity contribution in [2.24, 2.45) is 0 Å². The molecule has 0 bridgehead atoms. The Morgan fingerprint density at radius 2 is 2.10 bits per heavy atom. The second-order valence-electron chi connectivity index (χ2n) is 3.88. The molecule has 0 unspecified atom stereocenters. The molecule has 8 heteroatoms. The Balaban J connectivity index is 2.54. The van der Waals surface area contributed by atoms with Crippen molar-refractivity contribution in [1.82, 2.24) is 5.32 Å². The molecule has 1 aromatic carbocycles. The normalized spacial score (nSPS) is 11.2. The van der Waals surface area contributed by atoms with E-state index in [2.05, 4.69) is 10.6 Å². The van der Waals surface area contributed by atoms with Crippen LogP contribution in [0.3, 0.4) is 0 Å². The molecule has 4 nitrogen and oxygen atoms in total. The van der Waals surface area contributed by atoms with Crippen LogP contribution in [-0.2, 0) is 0 Å². The third kappa shape index (κ3) is 5.60. The van der Waals surface area contributed by atoms with Gasteiger partial charge in [-0.25, -0.2) is 0 Å². The summed E-state index contributed by atoms with van der Waals surface area (Å²) in [4.78, 5) is 11.6. The predicted molar refractivity (Wildman–Crippen MR) is 75.9 cm³/mol. The maximum atomic E-state index is 11.9. The number of nitrogen functional groups attached to an aromatic ring is 1. The van der Waals surface area contributed by atoms with Crippen LogP contribution in [0, 0.1) is 0 Å².